The van der Waals surface area contributed by atoms with E-state index in [0.717, 1.165) is 5.92 Å². The van der Waals surface area contributed by atoms with Crippen molar-refractivity contribution in [3.8, 4) is 0 Å². The normalized spacial score (nSPS) is 37.8. The van der Waals surface area contributed by atoms with Gasteiger partial charge in [0.1, 0.15) is 0 Å². The van der Waals surface area contributed by atoms with Gasteiger partial charge in [-0.05, 0) is 38.0 Å². The largest absolute Gasteiger partial charge is 0.396 e. The lowest BCUT2D eigenvalue weighted by Crippen LogP contribution is -2.13. The fourth-order valence-corrected chi connectivity index (χ4v) is 2.39. The average molecular weight is 138 g/mol. The minimum atomic E-state index is 0.404. The molecular weight excluding hydrogens is 124 g/mol. The molecule has 1 heteroatoms. The van der Waals surface area contributed by atoms with Gasteiger partial charge in [-0.15, -0.1) is 0 Å². The van der Waals surface area contributed by atoms with Gasteiger partial charge in [0.15, 0.2) is 0 Å². The van der Waals surface area contributed by atoms with Gasteiger partial charge in [0.2, 0.25) is 0 Å². The Balaban J connectivity index is 2.16. The van der Waals surface area contributed by atoms with Crippen LogP contribution in [0.25, 0.3) is 0 Å². The Kier molecular flexibility index (Phi) is 1.34. The molecule has 2 bridgehead atoms. The second-order valence-electron chi connectivity index (χ2n) is 3.70. The third-order valence-electron chi connectivity index (χ3n) is 3.09. The molecule has 1 N–H and O–H groups in total. The molecule has 0 heterocycles. The van der Waals surface area contributed by atoms with E-state index >= 15 is 0 Å². The zero-order valence-electron chi connectivity index (χ0n) is 6.43. The molecule has 0 aromatic carbocycles. The van der Waals surface area contributed by atoms with Crippen molar-refractivity contribution in [1.82, 2.24) is 0 Å². The van der Waals surface area contributed by atoms with Crippen LogP contribution in [0.3, 0.4) is 0 Å². The van der Waals surface area contributed by atoms with Crippen LogP contribution in [0.2, 0.25) is 0 Å². The summed E-state index contributed by atoms with van der Waals surface area (Å²) < 4.78 is 0. The molecule has 56 valence electrons. The number of allylic oxidation sites excluding steroid dienone is 2. The predicted octanol–water partition coefficient (Wildman–Crippen LogP) is 1.73. The van der Waals surface area contributed by atoms with E-state index < -0.39 is 0 Å². The van der Waals surface area contributed by atoms with E-state index in [2.05, 4.69) is 6.92 Å². The van der Waals surface area contributed by atoms with Crippen molar-refractivity contribution >= 4 is 0 Å². The van der Waals surface area contributed by atoms with Crippen molar-refractivity contribution in [2.45, 2.75) is 26.2 Å². The Labute approximate surface area is 61.8 Å². The van der Waals surface area contributed by atoms with Crippen LogP contribution >= 0.6 is 0 Å². The molecule has 0 aliphatic heterocycles. The predicted molar refractivity (Wildman–Crippen MR) is 40.6 cm³/mol. The van der Waals surface area contributed by atoms with Crippen LogP contribution in [0.4, 0.5) is 0 Å². The van der Waals surface area contributed by atoms with Gasteiger partial charge < -0.3 is 5.11 Å². The quantitative estimate of drug-likeness (QED) is 0.547. The van der Waals surface area contributed by atoms with Gasteiger partial charge in [-0.25, -0.2) is 0 Å². The summed E-state index contributed by atoms with van der Waals surface area (Å²) >= 11 is 0. The van der Waals surface area contributed by atoms with Crippen LogP contribution in [-0.4, -0.2) is 11.7 Å². The van der Waals surface area contributed by atoms with Crippen molar-refractivity contribution in [3.05, 3.63) is 11.1 Å². The molecule has 0 aromatic rings. The van der Waals surface area contributed by atoms with Gasteiger partial charge in [-0.3, -0.25) is 0 Å². The third kappa shape index (κ3) is 0.734. The first kappa shape index (κ1) is 6.41. The van der Waals surface area contributed by atoms with Crippen molar-refractivity contribution in [2.24, 2.45) is 11.8 Å². The Morgan fingerprint density at radius 3 is 2.60 bits per heavy atom. The molecule has 1 nitrogen and oxygen atoms in total. The molecular formula is C9H14O. The number of hydrogen-bond donors (Lipinski definition) is 1. The van der Waals surface area contributed by atoms with Gasteiger partial charge in [0.05, 0.1) is 0 Å². The summed E-state index contributed by atoms with van der Waals surface area (Å²) in [5.74, 6) is 1.42. The van der Waals surface area contributed by atoms with Crippen LogP contribution < -0.4 is 0 Å². The van der Waals surface area contributed by atoms with Gasteiger partial charge >= 0.3 is 0 Å². The van der Waals surface area contributed by atoms with E-state index in [0.29, 0.717) is 12.5 Å². The van der Waals surface area contributed by atoms with E-state index in [4.69, 9.17) is 5.11 Å². The third-order valence-corrected chi connectivity index (χ3v) is 3.09. The lowest BCUT2D eigenvalue weighted by atomic mass is 9.90. The monoisotopic (exact) mass is 138 g/mol. The smallest absolute Gasteiger partial charge is 0.0465 e. The van der Waals surface area contributed by atoms with Crippen molar-refractivity contribution in [3.63, 3.8) is 0 Å². The summed E-state index contributed by atoms with van der Waals surface area (Å²) in [5, 5.41) is 8.95. The number of hydrogen-bond acceptors (Lipinski definition) is 1. The van der Waals surface area contributed by atoms with Crippen LogP contribution in [0, 0.1) is 11.8 Å². The summed E-state index contributed by atoms with van der Waals surface area (Å²) in [6.07, 6.45) is 3.74. The van der Waals surface area contributed by atoms with E-state index in [1.165, 1.54) is 19.3 Å². The first-order chi connectivity index (χ1) is 4.81. The van der Waals surface area contributed by atoms with Gasteiger partial charge in [0.25, 0.3) is 0 Å². The molecule has 2 aliphatic carbocycles. The summed E-state index contributed by atoms with van der Waals surface area (Å²) in [5.41, 5.74) is 3.25. The SMILES string of the molecule is CC1=C2CC(CO)C(C1)C2. The molecule has 0 amide bonds. The summed E-state index contributed by atoms with van der Waals surface area (Å²) in [4.78, 5) is 0. The van der Waals surface area contributed by atoms with Gasteiger partial charge in [-0.2, -0.15) is 0 Å². The molecule has 1 saturated carbocycles. The van der Waals surface area contributed by atoms with Gasteiger partial charge in [-0.1, -0.05) is 11.1 Å². The fourth-order valence-electron chi connectivity index (χ4n) is 2.39. The maximum absolute atomic E-state index is 8.95. The number of aliphatic hydroxyl groups is 1. The van der Waals surface area contributed by atoms with Crippen LogP contribution in [0.1, 0.15) is 26.2 Å². The van der Waals surface area contributed by atoms with E-state index in [-0.39, 0.29) is 0 Å². The Morgan fingerprint density at radius 1 is 1.40 bits per heavy atom. The highest BCUT2D eigenvalue weighted by molar-refractivity contribution is 5.25. The molecule has 2 aliphatic rings. The van der Waals surface area contributed by atoms with Crippen LogP contribution in [-0.2, 0) is 0 Å². The molecule has 0 radical (unpaired) electrons. The molecule has 2 unspecified atom stereocenters. The van der Waals surface area contributed by atoms with Crippen molar-refractivity contribution < 1.29 is 5.11 Å². The summed E-state index contributed by atoms with van der Waals surface area (Å²) in [6, 6.07) is 0. The van der Waals surface area contributed by atoms with Crippen molar-refractivity contribution in [1.29, 1.82) is 0 Å². The molecule has 10 heavy (non-hydrogen) atoms. The average Bonchev–Trinajstić information content (AvgIpc) is 2.44. The number of fused-ring (bicyclic) bond motifs is 2. The molecule has 0 saturated heterocycles. The minimum Gasteiger partial charge on any atom is -0.396 e. The Morgan fingerprint density at radius 2 is 2.20 bits per heavy atom. The molecule has 1 fully saturated rings. The zero-order chi connectivity index (χ0) is 7.14. The van der Waals surface area contributed by atoms with Crippen LogP contribution in [0.5, 0.6) is 0 Å². The highest BCUT2D eigenvalue weighted by atomic mass is 16.3. The van der Waals surface area contributed by atoms with Gasteiger partial charge in [0, 0.05) is 6.61 Å². The molecule has 0 spiro atoms. The fraction of sp³-hybridized carbons (Fsp3) is 0.778. The Hall–Kier alpha value is -0.300. The van der Waals surface area contributed by atoms with E-state index in [1.807, 2.05) is 0 Å². The first-order valence-corrected chi connectivity index (χ1v) is 4.09. The van der Waals surface area contributed by atoms with E-state index in [1.54, 1.807) is 11.1 Å². The maximum atomic E-state index is 8.95. The summed E-state index contributed by atoms with van der Waals surface area (Å²) in [7, 11) is 0. The number of rotatable bonds is 1. The second kappa shape index (κ2) is 2.09. The summed E-state index contributed by atoms with van der Waals surface area (Å²) in [6.45, 7) is 2.64. The molecule has 0 aromatic heterocycles. The minimum absolute atomic E-state index is 0.404. The van der Waals surface area contributed by atoms with Crippen LogP contribution in [0.15, 0.2) is 11.1 Å². The Bertz CT molecular complexity index is 179. The van der Waals surface area contributed by atoms with Crippen molar-refractivity contribution in [2.75, 3.05) is 6.61 Å². The lowest BCUT2D eigenvalue weighted by Gasteiger charge is -2.17. The molecule has 2 atom stereocenters. The zero-order valence-corrected chi connectivity index (χ0v) is 6.43. The lowest BCUT2D eigenvalue weighted by molar-refractivity contribution is 0.193. The van der Waals surface area contributed by atoms with E-state index in [9.17, 15) is 0 Å². The highest BCUT2D eigenvalue weighted by Gasteiger charge is 2.35. The standard InChI is InChI=1S/C9H14O/c1-6-2-8-3-7(6)4-9(8)5-10/h8-10H,2-5H2,1H3. The molecule has 2 rings (SSSR count). The topological polar surface area (TPSA) is 20.2 Å². The maximum Gasteiger partial charge on any atom is 0.0465 e. The highest BCUT2D eigenvalue weighted by Crippen LogP contribution is 2.47. The first-order valence-electron chi connectivity index (χ1n) is 4.09. The number of aliphatic hydroxyl groups excluding tert-OH is 1. The second-order valence-corrected chi connectivity index (χ2v) is 3.70.